The van der Waals surface area contributed by atoms with Gasteiger partial charge in [0.05, 0.1) is 36.1 Å². The van der Waals surface area contributed by atoms with Crippen molar-refractivity contribution in [1.29, 1.82) is 0 Å². The summed E-state index contributed by atoms with van der Waals surface area (Å²) in [6.45, 7) is 0.180. The summed E-state index contributed by atoms with van der Waals surface area (Å²) < 4.78 is 10.6. The van der Waals surface area contributed by atoms with Crippen LogP contribution in [0.3, 0.4) is 0 Å². The molecule has 152 valence electrons. The fraction of sp³-hybridized carbons (Fsp3) is 0.130. The Morgan fingerprint density at radius 3 is 2.37 bits per heavy atom. The van der Waals surface area contributed by atoms with Crippen LogP contribution in [0.5, 0.6) is 5.75 Å². The van der Waals surface area contributed by atoms with E-state index in [1.54, 1.807) is 55.8 Å². The molecule has 0 aliphatic carbocycles. The Kier molecular flexibility index (Phi) is 5.97. The van der Waals surface area contributed by atoms with Gasteiger partial charge in [-0.25, -0.2) is 0 Å². The van der Waals surface area contributed by atoms with Gasteiger partial charge in [0.25, 0.3) is 11.8 Å². The summed E-state index contributed by atoms with van der Waals surface area (Å²) in [6, 6.07) is 17.9. The van der Waals surface area contributed by atoms with Gasteiger partial charge in [-0.1, -0.05) is 35.9 Å². The average Bonchev–Trinajstić information content (AvgIpc) is 3.36. The number of carbonyl (C=O) groups excluding carboxylic acids is 2. The lowest BCUT2D eigenvalue weighted by molar-refractivity contribution is -0.137. The number of benzene rings is 2. The Morgan fingerprint density at radius 2 is 1.73 bits per heavy atom. The van der Waals surface area contributed by atoms with Crippen LogP contribution >= 0.6 is 23.4 Å². The third kappa shape index (κ3) is 4.15. The summed E-state index contributed by atoms with van der Waals surface area (Å²) >= 11 is 7.25. The topological polar surface area (TPSA) is 59.8 Å². The van der Waals surface area contributed by atoms with Gasteiger partial charge in [-0.3, -0.25) is 14.5 Å². The first-order valence-corrected chi connectivity index (χ1v) is 10.6. The second-order valence-electron chi connectivity index (χ2n) is 6.62. The number of nitrogens with zero attached hydrogens (tertiary/aromatic N) is 1. The van der Waals surface area contributed by atoms with Crippen LogP contribution in [-0.2, 0) is 21.9 Å². The molecule has 0 unspecified atom stereocenters. The van der Waals surface area contributed by atoms with Crippen LogP contribution in [0, 0.1) is 0 Å². The molecule has 0 spiro atoms. The monoisotopic (exact) mass is 439 g/mol. The number of hydrogen-bond donors (Lipinski definition) is 0. The molecule has 0 atom stereocenters. The fourth-order valence-corrected chi connectivity index (χ4v) is 4.31. The highest BCUT2D eigenvalue weighted by molar-refractivity contribution is 8.03. The molecule has 0 N–H and O–H groups in total. The quantitative estimate of drug-likeness (QED) is 0.476. The van der Waals surface area contributed by atoms with E-state index in [1.807, 2.05) is 18.2 Å². The predicted octanol–water partition coefficient (Wildman–Crippen LogP) is 5.16. The van der Waals surface area contributed by atoms with Crippen LogP contribution in [0.2, 0.25) is 5.02 Å². The molecule has 2 amide bonds. The molecule has 1 aromatic heterocycles. The van der Waals surface area contributed by atoms with Crippen molar-refractivity contribution in [3.63, 3.8) is 0 Å². The number of halogens is 1. The highest BCUT2D eigenvalue weighted by atomic mass is 35.5. The van der Waals surface area contributed by atoms with E-state index in [2.05, 4.69) is 0 Å². The highest BCUT2D eigenvalue weighted by Gasteiger charge is 2.39. The third-order valence-electron chi connectivity index (χ3n) is 4.70. The first-order valence-electron chi connectivity index (χ1n) is 9.21. The van der Waals surface area contributed by atoms with E-state index in [9.17, 15) is 9.59 Å². The van der Waals surface area contributed by atoms with E-state index < -0.39 is 0 Å². The summed E-state index contributed by atoms with van der Waals surface area (Å²) in [6.07, 6.45) is 1.59. The Bertz CT molecular complexity index is 1090. The molecular weight excluding hydrogens is 422 g/mol. The zero-order chi connectivity index (χ0) is 21.1. The smallest absolute Gasteiger partial charge is 0.268 e. The summed E-state index contributed by atoms with van der Waals surface area (Å²) in [7, 11) is 1.58. The largest absolute Gasteiger partial charge is 0.497 e. The zero-order valence-electron chi connectivity index (χ0n) is 16.1. The van der Waals surface area contributed by atoms with E-state index >= 15 is 0 Å². The van der Waals surface area contributed by atoms with Gasteiger partial charge < -0.3 is 9.15 Å². The van der Waals surface area contributed by atoms with Crippen LogP contribution in [-0.4, -0.2) is 23.8 Å². The normalized spacial score (nSPS) is 14.0. The van der Waals surface area contributed by atoms with Crippen molar-refractivity contribution in [3.8, 4) is 5.75 Å². The Labute approximate surface area is 183 Å². The molecule has 3 aromatic rings. The van der Waals surface area contributed by atoms with E-state index in [-0.39, 0.29) is 18.4 Å². The van der Waals surface area contributed by atoms with E-state index in [0.29, 0.717) is 32.6 Å². The van der Waals surface area contributed by atoms with Crippen LogP contribution < -0.4 is 4.74 Å². The molecule has 4 rings (SSSR count). The molecule has 0 radical (unpaired) electrons. The molecule has 0 bridgehead atoms. The molecule has 0 saturated carbocycles. The minimum Gasteiger partial charge on any atom is -0.497 e. The SMILES string of the molecule is COc1ccc(C2=C(SCc3ccco3)C(=O)N(Cc3ccc(Cl)cc3)C2=O)cc1. The molecule has 7 heteroatoms. The number of amides is 2. The number of hydrogen-bond acceptors (Lipinski definition) is 5. The van der Waals surface area contributed by atoms with Crippen LogP contribution in [0.15, 0.2) is 76.2 Å². The lowest BCUT2D eigenvalue weighted by atomic mass is 10.1. The summed E-state index contributed by atoms with van der Waals surface area (Å²) in [4.78, 5) is 28.1. The number of rotatable bonds is 7. The van der Waals surface area contributed by atoms with Crippen molar-refractivity contribution in [1.82, 2.24) is 4.90 Å². The lowest BCUT2D eigenvalue weighted by Crippen LogP contribution is -2.30. The molecule has 1 aliphatic heterocycles. The van der Waals surface area contributed by atoms with Crippen molar-refractivity contribution in [2.24, 2.45) is 0 Å². The highest BCUT2D eigenvalue weighted by Crippen LogP contribution is 2.38. The second kappa shape index (κ2) is 8.81. The molecule has 2 aromatic carbocycles. The Morgan fingerprint density at radius 1 is 1.00 bits per heavy atom. The molecule has 5 nitrogen and oxygen atoms in total. The molecule has 0 fully saturated rings. The number of ether oxygens (including phenoxy) is 1. The third-order valence-corrected chi connectivity index (χ3v) is 6.05. The van der Waals surface area contributed by atoms with Gasteiger partial charge in [0, 0.05) is 5.02 Å². The second-order valence-corrected chi connectivity index (χ2v) is 8.05. The summed E-state index contributed by atoms with van der Waals surface area (Å²) in [5.41, 5.74) is 1.90. The minimum atomic E-state index is -0.318. The number of methoxy groups -OCH3 is 1. The van der Waals surface area contributed by atoms with Crippen molar-refractivity contribution in [2.75, 3.05) is 7.11 Å². The van der Waals surface area contributed by atoms with E-state index in [1.165, 1.54) is 16.7 Å². The van der Waals surface area contributed by atoms with Gasteiger partial charge in [-0.05, 0) is 47.5 Å². The minimum absolute atomic E-state index is 0.180. The molecular formula is C23H18ClNO4S. The van der Waals surface area contributed by atoms with Gasteiger partial charge >= 0.3 is 0 Å². The predicted molar refractivity (Wildman–Crippen MR) is 117 cm³/mol. The molecule has 2 heterocycles. The van der Waals surface area contributed by atoms with E-state index in [0.717, 1.165) is 11.3 Å². The van der Waals surface area contributed by atoms with Crippen molar-refractivity contribution < 1.29 is 18.7 Å². The van der Waals surface area contributed by atoms with Gasteiger partial charge in [-0.2, -0.15) is 0 Å². The number of imide groups is 1. The average molecular weight is 440 g/mol. The van der Waals surface area contributed by atoms with Crippen LogP contribution in [0.1, 0.15) is 16.9 Å². The standard InChI is InChI=1S/C23H18ClNO4S/c1-28-18-10-6-16(7-11-18)20-21(30-14-19-3-2-12-29-19)23(27)25(22(20)26)13-15-4-8-17(24)9-5-15/h2-12H,13-14H2,1H3. The van der Waals surface area contributed by atoms with Gasteiger partial charge in [0.1, 0.15) is 11.5 Å². The van der Waals surface area contributed by atoms with Gasteiger partial charge in [0.15, 0.2) is 0 Å². The molecule has 0 saturated heterocycles. The van der Waals surface area contributed by atoms with Crippen LogP contribution in [0.4, 0.5) is 0 Å². The van der Waals surface area contributed by atoms with Crippen molar-refractivity contribution in [3.05, 3.63) is 93.7 Å². The first-order chi connectivity index (χ1) is 14.6. The maximum atomic E-state index is 13.3. The van der Waals surface area contributed by atoms with Gasteiger partial charge in [0.2, 0.25) is 0 Å². The first kappa shape index (κ1) is 20.3. The maximum Gasteiger partial charge on any atom is 0.268 e. The van der Waals surface area contributed by atoms with Crippen LogP contribution in [0.25, 0.3) is 5.57 Å². The summed E-state index contributed by atoms with van der Waals surface area (Å²) in [5, 5.41) is 0.601. The molecule has 1 aliphatic rings. The number of thioether (sulfide) groups is 1. The van der Waals surface area contributed by atoms with Crippen molar-refractivity contribution >= 4 is 40.8 Å². The maximum absolute atomic E-state index is 13.3. The van der Waals surface area contributed by atoms with Crippen molar-refractivity contribution in [2.45, 2.75) is 12.3 Å². The Hall–Kier alpha value is -2.96. The zero-order valence-corrected chi connectivity index (χ0v) is 17.7. The Balaban J connectivity index is 1.66. The number of furan rings is 1. The molecule has 30 heavy (non-hydrogen) atoms. The number of carbonyl (C=O) groups is 2. The fourth-order valence-electron chi connectivity index (χ4n) is 3.15. The van der Waals surface area contributed by atoms with Gasteiger partial charge in [-0.15, -0.1) is 11.8 Å². The van der Waals surface area contributed by atoms with E-state index in [4.69, 9.17) is 20.8 Å². The summed E-state index contributed by atoms with van der Waals surface area (Å²) in [5.74, 6) is 1.24. The lowest BCUT2D eigenvalue weighted by Gasteiger charge is -2.15.